The molecule has 2 unspecified atom stereocenters. The van der Waals surface area contributed by atoms with E-state index in [2.05, 4.69) is 4.98 Å². The largest absolute Gasteiger partial charge is 0.379 e. The number of hydrogen-bond acceptors (Lipinski definition) is 3. The lowest BCUT2D eigenvalue weighted by molar-refractivity contribution is 0.0715. The molecule has 0 saturated carbocycles. The van der Waals surface area contributed by atoms with E-state index in [0.717, 1.165) is 12.8 Å². The Kier molecular flexibility index (Phi) is 4.65. The molecular weight excluding hydrogens is 195 g/mol. The van der Waals surface area contributed by atoms with E-state index >= 15 is 0 Å². The highest BCUT2D eigenvalue weighted by atomic mass is 19.1. The predicted molar refractivity (Wildman–Crippen MR) is 56.8 cm³/mol. The van der Waals surface area contributed by atoms with Crippen LogP contribution in [0.4, 0.5) is 4.39 Å². The van der Waals surface area contributed by atoms with Crippen molar-refractivity contribution in [1.82, 2.24) is 4.98 Å². The van der Waals surface area contributed by atoms with Gasteiger partial charge in [0, 0.05) is 18.9 Å². The molecule has 0 fully saturated rings. The number of ether oxygens (including phenoxy) is 1. The average molecular weight is 212 g/mol. The Morgan fingerprint density at radius 2 is 2.33 bits per heavy atom. The molecule has 0 saturated heterocycles. The molecule has 0 radical (unpaired) electrons. The number of nitrogens with two attached hydrogens (primary N) is 1. The van der Waals surface area contributed by atoms with Gasteiger partial charge in [-0.25, -0.2) is 4.39 Å². The van der Waals surface area contributed by atoms with Gasteiger partial charge in [0.1, 0.15) is 5.82 Å². The summed E-state index contributed by atoms with van der Waals surface area (Å²) in [5, 5.41) is 0. The molecule has 0 amide bonds. The number of aromatic nitrogens is 1. The van der Waals surface area contributed by atoms with Gasteiger partial charge >= 0.3 is 0 Å². The number of methoxy groups -OCH3 is 1. The Labute approximate surface area is 89.5 Å². The fourth-order valence-corrected chi connectivity index (χ4v) is 1.59. The quantitative estimate of drug-likeness (QED) is 0.812. The van der Waals surface area contributed by atoms with Crippen molar-refractivity contribution >= 4 is 0 Å². The number of hydrogen-bond donors (Lipinski definition) is 1. The standard InChI is InChI=1S/C11H17FN2O/c1-3-4-10(15-2)11(13)8-5-6-14-7-9(8)12/h5-7,10-11H,3-4,13H2,1-2H3. The summed E-state index contributed by atoms with van der Waals surface area (Å²) in [6.45, 7) is 2.04. The average Bonchev–Trinajstić information content (AvgIpc) is 2.25. The number of nitrogens with zero attached hydrogens (tertiary/aromatic N) is 1. The molecule has 0 aliphatic heterocycles. The van der Waals surface area contributed by atoms with Crippen LogP contribution in [0.2, 0.25) is 0 Å². The van der Waals surface area contributed by atoms with Gasteiger partial charge in [-0.3, -0.25) is 4.98 Å². The number of halogens is 1. The fraction of sp³-hybridized carbons (Fsp3) is 0.545. The molecule has 1 aromatic rings. The molecule has 4 heteroatoms. The second-order valence-electron chi connectivity index (χ2n) is 3.49. The van der Waals surface area contributed by atoms with E-state index in [1.54, 1.807) is 13.2 Å². The van der Waals surface area contributed by atoms with E-state index < -0.39 is 6.04 Å². The molecule has 1 heterocycles. The van der Waals surface area contributed by atoms with Gasteiger partial charge in [0.25, 0.3) is 0 Å². The first-order valence-corrected chi connectivity index (χ1v) is 5.08. The lowest BCUT2D eigenvalue weighted by atomic mass is 10.00. The second kappa shape index (κ2) is 5.78. The molecular formula is C11H17FN2O. The first-order valence-electron chi connectivity index (χ1n) is 5.08. The van der Waals surface area contributed by atoms with Crippen LogP contribution in [-0.2, 0) is 4.74 Å². The molecule has 2 atom stereocenters. The molecule has 0 spiro atoms. The summed E-state index contributed by atoms with van der Waals surface area (Å²) in [4.78, 5) is 3.69. The SMILES string of the molecule is CCCC(OC)C(N)c1ccncc1F. The van der Waals surface area contributed by atoms with E-state index in [-0.39, 0.29) is 11.9 Å². The highest BCUT2D eigenvalue weighted by Crippen LogP contribution is 2.21. The van der Waals surface area contributed by atoms with Crippen molar-refractivity contribution in [2.24, 2.45) is 5.73 Å². The van der Waals surface area contributed by atoms with Crippen molar-refractivity contribution in [1.29, 1.82) is 0 Å². The van der Waals surface area contributed by atoms with Crippen LogP contribution in [0.5, 0.6) is 0 Å². The van der Waals surface area contributed by atoms with Crippen LogP contribution in [0.25, 0.3) is 0 Å². The topological polar surface area (TPSA) is 48.1 Å². The minimum atomic E-state index is -0.432. The molecule has 0 bridgehead atoms. The zero-order valence-corrected chi connectivity index (χ0v) is 9.11. The van der Waals surface area contributed by atoms with Crippen molar-refractivity contribution in [3.8, 4) is 0 Å². The lowest BCUT2D eigenvalue weighted by Crippen LogP contribution is -2.28. The molecule has 15 heavy (non-hydrogen) atoms. The van der Waals surface area contributed by atoms with Gasteiger partial charge in [-0.1, -0.05) is 13.3 Å². The molecule has 0 aliphatic carbocycles. The Balaban J connectivity index is 2.82. The third kappa shape index (κ3) is 2.97. The Morgan fingerprint density at radius 1 is 1.60 bits per heavy atom. The molecule has 1 rings (SSSR count). The summed E-state index contributed by atoms with van der Waals surface area (Å²) < 4.78 is 18.6. The first kappa shape index (κ1) is 12.1. The Morgan fingerprint density at radius 3 is 2.87 bits per heavy atom. The molecule has 0 aliphatic rings. The van der Waals surface area contributed by atoms with Crippen LogP contribution in [0.1, 0.15) is 31.4 Å². The van der Waals surface area contributed by atoms with Crippen molar-refractivity contribution < 1.29 is 9.13 Å². The zero-order valence-electron chi connectivity index (χ0n) is 9.11. The van der Waals surface area contributed by atoms with Crippen LogP contribution >= 0.6 is 0 Å². The maximum atomic E-state index is 13.4. The van der Waals surface area contributed by atoms with E-state index in [4.69, 9.17) is 10.5 Å². The van der Waals surface area contributed by atoms with Gasteiger partial charge in [-0.05, 0) is 12.5 Å². The normalized spacial score (nSPS) is 14.9. The lowest BCUT2D eigenvalue weighted by Gasteiger charge is -2.22. The summed E-state index contributed by atoms with van der Waals surface area (Å²) in [5.74, 6) is -0.372. The smallest absolute Gasteiger partial charge is 0.146 e. The number of rotatable bonds is 5. The van der Waals surface area contributed by atoms with Gasteiger partial charge in [0.15, 0.2) is 0 Å². The molecule has 3 nitrogen and oxygen atoms in total. The third-order valence-electron chi connectivity index (χ3n) is 2.44. The highest BCUT2D eigenvalue weighted by Gasteiger charge is 2.20. The minimum absolute atomic E-state index is 0.146. The summed E-state index contributed by atoms with van der Waals surface area (Å²) in [7, 11) is 1.60. The van der Waals surface area contributed by atoms with E-state index in [9.17, 15) is 4.39 Å². The maximum Gasteiger partial charge on any atom is 0.146 e. The van der Waals surface area contributed by atoms with Gasteiger partial charge in [-0.2, -0.15) is 0 Å². The summed E-state index contributed by atoms with van der Waals surface area (Å²) >= 11 is 0. The van der Waals surface area contributed by atoms with Crippen LogP contribution in [0.3, 0.4) is 0 Å². The van der Waals surface area contributed by atoms with Crippen molar-refractivity contribution in [3.63, 3.8) is 0 Å². The zero-order chi connectivity index (χ0) is 11.3. The third-order valence-corrected chi connectivity index (χ3v) is 2.44. The first-order chi connectivity index (χ1) is 7.20. The molecule has 2 N–H and O–H groups in total. The summed E-state index contributed by atoms with van der Waals surface area (Å²) in [6.07, 6.45) is 4.34. The van der Waals surface area contributed by atoms with Crippen LogP contribution < -0.4 is 5.73 Å². The van der Waals surface area contributed by atoms with Crippen LogP contribution in [0, 0.1) is 5.82 Å². The number of pyridine rings is 1. The van der Waals surface area contributed by atoms with E-state index in [0.29, 0.717) is 5.56 Å². The van der Waals surface area contributed by atoms with Gasteiger partial charge in [0.2, 0.25) is 0 Å². The Hall–Kier alpha value is -1.00. The predicted octanol–water partition coefficient (Wildman–Crippen LogP) is 2.04. The van der Waals surface area contributed by atoms with Crippen molar-refractivity contribution in [2.45, 2.75) is 31.9 Å². The van der Waals surface area contributed by atoms with Gasteiger partial charge < -0.3 is 10.5 Å². The van der Waals surface area contributed by atoms with Crippen molar-refractivity contribution in [2.75, 3.05) is 7.11 Å². The van der Waals surface area contributed by atoms with Crippen LogP contribution in [0.15, 0.2) is 18.5 Å². The van der Waals surface area contributed by atoms with Crippen molar-refractivity contribution in [3.05, 3.63) is 29.8 Å². The summed E-state index contributed by atoms with van der Waals surface area (Å²) in [5.41, 5.74) is 6.41. The van der Waals surface area contributed by atoms with E-state index in [1.807, 2.05) is 6.92 Å². The fourth-order valence-electron chi connectivity index (χ4n) is 1.59. The Bertz CT molecular complexity index is 306. The monoisotopic (exact) mass is 212 g/mol. The van der Waals surface area contributed by atoms with Gasteiger partial charge in [-0.15, -0.1) is 0 Å². The van der Waals surface area contributed by atoms with Crippen LogP contribution in [-0.4, -0.2) is 18.2 Å². The van der Waals surface area contributed by atoms with Gasteiger partial charge in [0.05, 0.1) is 18.3 Å². The second-order valence-corrected chi connectivity index (χ2v) is 3.49. The van der Waals surface area contributed by atoms with E-state index in [1.165, 1.54) is 12.4 Å². The summed E-state index contributed by atoms with van der Waals surface area (Å²) in [6, 6.07) is 1.17. The molecule has 84 valence electrons. The maximum absolute atomic E-state index is 13.4. The molecule has 1 aromatic heterocycles. The highest BCUT2D eigenvalue weighted by molar-refractivity contribution is 5.18. The molecule has 0 aromatic carbocycles. The minimum Gasteiger partial charge on any atom is -0.379 e.